The summed E-state index contributed by atoms with van der Waals surface area (Å²) in [5, 5.41) is 9.80. The predicted molar refractivity (Wildman–Crippen MR) is 52.6 cm³/mol. The summed E-state index contributed by atoms with van der Waals surface area (Å²) < 4.78 is 0. The van der Waals surface area contributed by atoms with Gasteiger partial charge in [0.2, 0.25) is 5.91 Å². The number of fused-ring (bicyclic) bond motifs is 1. The molecule has 14 heavy (non-hydrogen) atoms. The van der Waals surface area contributed by atoms with Crippen LogP contribution in [0.3, 0.4) is 0 Å². The number of carbonyl (C=O) groups is 1. The highest BCUT2D eigenvalue weighted by molar-refractivity contribution is 5.79. The summed E-state index contributed by atoms with van der Waals surface area (Å²) in [7, 11) is 0. The fourth-order valence-electron chi connectivity index (χ4n) is 2.41. The number of amides is 1. The summed E-state index contributed by atoms with van der Waals surface area (Å²) >= 11 is 0. The van der Waals surface area contributed by atoms with E-state index in [-0.39, 0.29) is 11.9 Å². The summed E-state index contributed by atoms with van der Waals surface area (Å²) in [5.74, 6) is 0.205. The van der Waals surface area contributed by atoms with Crippen molar-refractivity contribution < 1.29 is 9.90 Å². The van der Waals surface area contributed by atoms with Crippen molar-refractivity contribution in [1.82, 2.24) is 4.90 Å². The second-order valence-corrected chi connectivity index (χ2v) is 3.93. The Balaban J connectivity index is 2.31. The van der Waals surface area contributed by atoms with Crippen LogP contribution in [0.5, 0.6) is 0 Å². The Morgan fingerprint density at radius 2 is 2.29 bits per heavy atom. The number of rotatable bonds is 0. The molecule has 0 aromatic heterocycles. The molecule has 0 bridgehead atoms. The molecule has 0 aromatic carbocycles. The van der Waals surface area contributed by atoms with E-state index < -0.39 is 6.10 Å². The third-order valence-corrected chi connectivity index (χ3v) is 3.13. The minimum absolute atomic E-state index is 0.0671. The fourth-order valence-corrected chi connectivity index (χ4v) is 2.41. The minimum atomic E-state index is -0.451. The smallest absolute Gasteiger partial charge is 0.223 e. The Morgan fingerprint density at radius 1 is 1.50 bits per heavy atom. The van der Waals surface area contributed by atoms with E-state index in [1.54, 1.807) is 0 Å². The highest BCUT2D eigenvalue weighted by Gasteiger charge is 2.37. The maximum absolute atomic E-state index is 11.5. The third-order valence-electron chi connectivity index (χ3n) is 3.13. The van der Waals surface area contributed by atoms with Gasteiger partial charge >= 0.3 is 0 Å². The molecular formula is C11H15NO2. The van der Waals surface area contributed by atoms with Crippen LogP contribution in [0.2, 0.25) is 0 Å². The van der Waals surface area contributed by atoms with Crippen LogP contribution in [0.1, 0.15) is 25.7 Å². The molecule has 2 rings (SSSR count). The van der Waals surface area contributed by atoms with Gasteiger partial charge in [0.1, 0.15) is 0 Å². The largest absolute Gasteiger partial charge is 0.388 e. The summed E-state index contributed by atoms with van der Waals surface area (Å²) in [5.41, 5.74) is 3.62. The molecule has 2 saturated heterocycles. The molecular weight excluding hydrogens is 178 g/mol. The third kappa shape index (κ3) is 1.39. The van der Waals surface area contributed by atoms with E-state index in [9.17, 15) is 9.90 Å². The zero-order valence-electron chi connectivity index (χ0n) is 8.20. The first kappa shape index (κ1) is 9.50. The van der Waals surface area contributed by atoms with E-state index in [2.05, 4.69) is 12.3 Å². The maximum atomic E-state index is 11.5. The molecule has 76 valence electrons. The molecule has 0 spiro atoms. The van der Waals surface area contributed by atoms with Gasteiger partial charge in [0.25, 0.3) is 0 Å². The average molecular weight is 193 g/mol. The molecule has 2 fully saturated rings. The van der Waals surface area contributed by atoms with Gasteiger partial charge in [0.05, 0.1) is 12.1 Å². The van der Waals surface area contributed by atoms with Crippen LogP contribution >= 0.6 is 0 Å². The number of nitrogens with zero attached hydrogens (tertiary/aromatic N) is 1. The van der Waals surface area contributed by atoms with Crippen molar-refractivity contribution in [1.29, 1.82) is 0 Å². The topological polar surface area (TPSA) is 40.5 Å². The number of carbonyl (C=O) groups excluding carboxylic acids is 1. The average Bonchev–Trinajstić information content (AvgIpc) is 2.45. The van der Waals surface area contributed by atoms with E-state index in [0.29, 0.717) is 6.42 Å². The van der Waals surface area contributed by atoms with Crippen molar-refractivity contribution in [2.75, 3.05) is 6.54 Å². The van der Waals surface area contributed by atoms with Gasteiger partial charge in [-0.25, -0.2) is 0 Å². The van der Waals surface area contributed by atoms with Crippen LogP contribution in [-0.4, -0.2) is 34.6 Å². The van der Waals surface area contributed by atoms with Crippen molar-refractivity contribution in [3.8, 4) is 0 Å². The molecule has 3 heteroatoms. The van der Waals surface area contributed by atoms with Gasteiger partial charge in [-0.05, 0) is 19.3 Å². The quantitative estimate of drug-likeness (QED) is 0.579. The normalized spacial score (nSPS) is 32.5. The summed E-state index contributed by atoms with van der Waals surface area (Å²) in [6.45, 7) is 4.37. The van der Waals surface area contributed by atoms with Gasteiger partial charge in [-0.15, -0.1) is 5.73 Å². The number of hydrogen-bond donors (Lipinski definition) is 1. The van der Waals surface area contributed by atoms with E-state index >= 15 is 0 Å². The fraction of sp³-hybridized carbons (Fsp3) is 0.636. The Morgan fingerprint density at radius 3 is 3.00 bits per heavy atom. The highest BCUT2D eigenvalue weighted by Crippen LogP contribution is 2.30. The lowest BCUT2D eigenvalue weighted by Crippen LogP contribution is -2.34. The van der Waals surface area contributed by atoms with E-state index in [1.807, 2.05) is 4.90 Å². The molecule has 2 atom stereocenters. The first-order chi connectivity index (χ1) is 6.74. The second kappa shape index (κ2) is 3.60. The Bertz CT molecular complexity index is 304. The van der Waals surface area contributed by atoms with Crippen LogP contribution in [0.15, 0.2) is 17.9 Å². The molecule has 2 aliphatic rings. The molecule has 2 heterocycles. The predicted octanol–water partition coefficient (Wildman–Crippen LogP) is 0.843. The summed E-state index contributed by atoms with van der Waals surface area (Å²) in [6, 6.07) is 0.0671. The Labute approximate surface area is 83.7 Å². The standard InChI is InChI=1S/C11H15NO2/c1-2-8-9-5-6-11(14)12(9)7-3-4-10(8)13/h9-10,13H,1,3-7H2/t9?,10-/m0/s1. The van der Waals surface area contributed by atoms with E-state index in [0.717, 1.165) is 31.4 Å². The van der Waals surface area contributed by atoms with Crippen molar-refractivity contribution in [3.63, 3.8) is 0 Å². The molecule has 3 nitrogen and oxygen atoms in total. The van der Waals surface area contributed by atoms with Crippen molar-refractivity contribution >= 4 is 5.91 Å². The lowest BCUT2D eigenvalue weighted by atomic mass is 9.99. The summed E-state index contributed by atoms with van der Waals surface area (Å²) in [4.78, 5) is 13.4. The molecule has 1 N–H and O–H groups in total. The van der Waals surface area contributed by atoms with E-state index in [1.165, 1.54) is 0 Å². The second-order valence-electron chi connectivity index (χ2n) is 3.93. The molecule has 0 saturated carbocycles. The van der Waals surface area contributed by atoms with Gasteiger partial charge in [-0.2, -0.15) is 0 Å². The molecule has 0 aromatic rings. The van der Waals surface area contributed by atoms with Gasteiger partial charge in [-0.1, -0.05) is 6.58 Å². The molecule has 1 unspecified atom stereocenters. The molecule has 1 amide bonds. The highest BCUT2D eigenvalue weighted by atomic mass is 16.3. The molecule has 0 radical (unpaired) electrons. The number of aliphatic hydroxyl groups is 1. The summed E-state index contributed by atoms with van der Waals surface area (Å²) in [6.07, 6.45) is 2.55. The van der Waals surface area contributed by atoms with Gasteiger partial charge in [0.15, 0.2) is 0 Å². The lowest BCUT2D eigenvalue weighted by molar-refractivity contribution is -0.128. The zero-order chi connectivity index (χ0) is 10.1. The van der Waals surface area contributed by atoms with Gasteiger partial charge < -0.3 is 10.0 Å². The number of hydrogen-bond acceptors (Lipinski definition) is 2. The molecule has 2 aliphatic heterocycles. The minimum Gasteiger partial charge on any atom is -0.388 e. The lowest BCUT2D eigenvalue weighted by Gasteiger charge is -2.23. The Hall–Kier alpha value is -1.05. The van der Waals surface area contributed by atoms with Crippen LogP contribution in [-0.2, 0) is 4.79 Å². The number of aliphatic hydroxyl groups excluding tert-OH is 1. The Kier molecular flexibility index (Phi) is 2.44. The van der Waals surface area contributed by atoms with Crippen molar-refractivity contribution in [2.45, 2.75) is 37.8 Å². The van der Waals surface area contributed by atoms with Crippen LogP contribution in [0, 0.1) is 0 Å². The van der Waals surface area contributed by atoms with Crippen LogP contribution < -0.4 is 0 Å². The zero-order valence-corrected chi connectivity index (χ0v) is 8.20. The first-order valence-corrected chi connectivity index (χ1v) is 5.11. The van der Waals surface area contributed by atoms with Gasteiger partial charge in [-0.3, -0.25) is 4.79 Å². The van der Waals surface area contributed by atoms with Crippen LogP contribution in [0.25, 0.3) is 0 Å². The van der Waals surface area contributed by atoms with Crippen LogP contribution in [0.4, 0.5) is 0 Å². The van der Waals surface area contributed by atoms with E-state index in [4.69, 9.17) is 0 Å². The van der Waals surface area contributed by atoms with Crippen molar-refractivity contribution in [3.05, 3.63) is 17.9 Å². The maximum Gasteiger partial charge on any atom is 0.223 e. The first-order valence-electron chi connectivity index (χ1n) is 5.11. The van der Waals surface area contributed by atoms with Gasteiger partial charge in [0, 0.05) is 18.5 Å². The molecule has 0 aliphatic carbocycles. The van der Waals surface area contributed by atoms with Crippen molar-refractivity contribution in [2.24, 2.45) is 0 Å². The monoisotopic (exact) mass is 193 g/mol. The SMILES string of the molecule is C=C=C1C2CCC(=O)N2CCC[C@@H]1O.